The van der Waals surface area contributed by atoms with Crippen molar-refractivity contribution in [2.75, 3.05) is 19.9 Å². The van der Waals surface area contributed by atoms with E-state index in [1.807, 2.05) is 30.3 Å². The van der Waals surface area contributed by atoms with Crippen molar-refractivity contribution in [3.05, 3.63) is 59.4 Å². The Labute approximate surface area is 145 Å². The lowest BCUT2D eigenvalue weighted by Gasteiger charge is -2.21. The summed E-state index contributed by atoms with van der Waals surface area (Å²) in [5.74, 6) is 0.964. The maximum absolute atomic E-state index is 13.7. The van der Waals surface area contributed by atoms with Crippen LogP contribution in [0.5, 0.6) is 11.5 Å². The van der Waals surface area contributed by atoms with Crippen molar-refractivity contribution < 1.29 is 23.4 Å². The summed E-state index contributed by atoms with van der Waals surface area (Å²) in [6.45, 7) is 1.22. The molecule has 25 heavy (non-hydrogen) atoms. The van der Waals surface area contributed by atoms with Crippen LogP contribution in [0, 0.1) is 5.82 Å². The van der Waals surface area contributed by atoms with E-state index in [-0.39, 0.29) is 24.9 Å². The first-order valence-electron chi connectivity index (χ1n) is 8.19. The van der Waals surface area contributed by atoms with Gasteiger partial charge in [-0.1, -0.05) is 18.2 Å². The first-order chi connectivity index (χ1) is 12.2. The van der Waals surface area contributed by atoms with Crippen molar-refractivity contribution in [1.82, 2.24) is 5.32 Å². The van der Waals surface area contributed by atoms with Crippen molar-refractivity contribution in [1.29, 1.82) is 0 Å². The molecule has 0 aliphatic carbocycles. The summed E-state index contributed by atoms with van der Waals surface area (Å²) in [5, 5.41) is 2.82. The van der Waals surface area contributed by atoms with Gasteiger partial charge in [-0.05, 0) is 36.2 Å². The van der Waals surface area contributed by atoms with Crippen LogP contribution >= 0.6 is 0 Å². The van der Waals surface area contributed by atoms with Gasteiger partial charge in [0.15, 0.2) is 6.79 Å². The highest BCUT2D eigenvalue weighted by Crippen LogP contribution is 2.29. The van der Waals surface area contributed by atoms with Gasteiger partial charge < -0.3 is 19.5 Å². The molecule has 1 aliphatic heterocycles. The van der Waals surface area contributed by atoms with Crippen LogP contribution in [-0.4, -0.2) is 25.9 Å². The molecule has 1 amide bonds. The standard InChI is InChI=1S/C19H20FNO4/c20-16-10-14(19-15(11-16)12-23-13-25-19)6-8-21-18(22)7-9-24-17-4-2-1-3-5-17/h1-5,10-11H,6-9,12-13H2,(H,21,22). The molecule has 132 valence electrons. The Kier molecular flexibility index (Phi) is 5.85. The third-order valence-corrected chi connectivity index (χ3v) is 3.81. The van der Waals surface area contributed by atoms with E-state index >= 15 is 0 Å². The summed E-state index contributed by atoms with van der Waals surface area (Å²) >= 11 is 0. The molecule has 0 unspecified atom stereocenters. The molecule has 3 rings (SSSR count). The van der Waals surface area contributed by atoms with Crippen molar-refractivity contribution in [2.24, 2.45) is 0 Å². The largest absolute Gasteiger partial charge is 0.493 e. The molecule has 0 fully saturated rings. The van der Waals surface area contributed by atoms with Crippen molar-refractivity contribution in [2.45, 2.75) is 19.4 Å². The van der Waals surface area contributed by atoms with Gasteiger partial charge in [-0.3, -0.25) is 4.79 Å². The van der Waals surface area contributed by atoms with Crippen LogP contribution < -0.4 is 14.8 Å². The summed E-state index contributed by atoms with van der Waals surface area (Å²) in [6.07, 6.45) is 0.756. The Morgan fingerprint density at radius 1 is 1.24 bits per heavy atom. The minimum Gasteiger partial charge on any atom is -0.493 e. The second-order valence-corrected chi connectivity index (χ2v) is 5.68. The SMILES string of the molecule is O=C(CCOc1ccccc1)NCCc1cc(F)cc2c1OCOC2. The number of hydrogen-bond acceptors (Lipinski definition) is 4. The number of fused-ring (bicyclic) bond motifs is 1. The number of ether oxygens (including phenoxy) is 3. The first kappa shape index (κ1) is 17.2. The van der Waals surface area contributed by atoms with E-state index in [1.54, 1.807) is 0 Å². The molecular weight excluding hydrogens is 325 g/mol. The normalized spacial score (nSPS) is 12.8. The highest BCUT2D eigenvalue weighted by atomic mass is 19.1. The lowest BCUT2D eigenvalue weighted by Crippen LogP contribution is -2.27. The number of benzene rings is 2. The van der Waals surface area contributed by atoms with E-state index in [0.717, 1.165) is 11.3 Å². The zero-order valence-electron chi connectivity index (χ0n) is 13.8. The number of halogens is 1. The maximum atomic E-state index is 13.7. The van der Waals surface area contributed by atoms with Crippen LogP contribution in [0.3, 0.4) is 0 Å². The van der Waals surface area contributed by atoms with Crippen LogP contribution in [0.1, 0.15) is 17.5 Å². The first-order valence-corrected chi connectivity index (χ1v) is 8.19. The Bertz CT molecular complexity index is 721. The van der Waals surface area contributed by atoms with Gasteiger partial charge in [0.1, 0.15) is 17.3 Å². The van der Waals surface area contributed by atoms with Gasteiger partial charge in [-0.2, -0.15) is 0 Å². The van der Waals surface area contributed by atoms with E-state index in [9.17, 15) is 9.18 Å². The van der Waals surface area contributed by atoms with Crippen LogP contribution in [-0.2, 0) is 22.6 Å². The topological polar surface area (TPSA) is 56.8 Å². The molecule has 0 saturated carbocycles. The molecule has 0 atom stereocenters. The molecule has 0 radical (unpaired) electrons. The molecule has 0 aromatic heterocycles. The number of carbonyl (C=O) groups is 1. The van der Waals surface area contributed by atoms with E-state index in [4.69, 9.17) is 14.2 Å². The third-order valence-electron chi connectivity index (χ3n) is 3.81. The fourth-order valence-electron chi connectivity index (χ4n) is 2.65. The molecule has 0 saturated heterocycles. The third kappa shape index (κ3) is 4.93. The van der Waals surface area contributed by atoms with E-state index in [1.165, 1.54) is 12.1 Å². The zero-order chi connectivity index (χ0) is 17.5. The van der Waals surface area contributed by atoms with Gasteiger partial charge in [0.05, 0.1) is 19.6 Å². The summed E-state index contributed by atoms with van der Waals surface area (Å²) in [7, 11) is 0. The smallest absolute Gasteiger partial charge is 0.223 e. The highest BCUT2D eigenvalue weighted by molar-refractivity contribution is 5.76. The number of rotatable bonds is 7. The number of amides is 1. The summed E-state index contributed by atoms with van der Waals surface area (Å²) in [6, 6.07) is 12.2. The monoisotopic (exact) mass is 345 g/mol. The Hall–Kier alpha value is -2.60. The van der Waals surface area contributed by atoms with E-state index < -0.39 is 0 Å². The number of nitrogens with one attached hydrogen (secondary N) is 1. The average molecular weight is 345 g/mol. The highest BCUT2D eigenvalue weighted by Gasteiger charge is 2.16. The van der Waals surface area contributed by atoms with Crippen LogP contribution in [0.4, 0.5) is 4.39 Å². The average Bonchev–Trinajstić information content (AvgIpc) is 2.62. The lowest BCUT2D eigenvalue weighted by atomic mass is 10.1. The second kappa shape index (κ2) is 8.48. The lowest BCUT2D eigenvalue weighted by molar-refractivity contribution is -0.121. The van der Waals surface area contributed by atoms with Gasteiger partial charge in [0.2, 0.25) is 5.91 Å². The Morgan fingerprint density at radius 3 is 2.92 bits per heavy atom. The second-order valence-electron chi connectivity index (χ2n) is 5.68. The molecular formula is C19H20FNO4. The molecule has 0 spiro atoms. The molecule has 5 nitrogen and oxygen atoms in total. The van der Waals surface area contributed by atoms with Gasteiger partial charge in [-0.25, -0.2) is 4.39 Å². The summed E-state index contributed by atoms with van der Waals surface area (Å²) in [4.78, 5) is 11.9. The van der Waals surface area contributed by atoms with E-state index in [0.29, 0.717) is 37.5 Å². The number of hydrogen-bond donors (Lipinski definition) is 1. The zero-order valence-corrected chi connectivity index (χ0v) is 13.8. The molecule has 1 N–H and O–H groups in total. The Balaban J connectivity index is 1.43. The van der Waals surface area contributed by atoms with E-state index in [2.05, 4.69) is 5.32 Å². The Morgan fingerprint density at radius 2 is 2.08 bits per heavy atom. The predicted molar refractivity (Wildman–Crippen MR) is 90.0 cm³/mol. The summed E-state index contributed by atoms with van der Waals surface area (Å²) < 4.78 is 29.8. The van der Waals surface area contributed by atoms with Gasteiger partial charge in [-0.15, -0.1) is 0 Å². The van der Waals surface area contributed by atoms with Crippen LogP contribution in [0.25, 0.3) is 0 Å². The van der Waals surface area contributed by atoms with Gasteiger partial charge >= 0.3 is 0 Å². The van der Waals surface area contributed by atoms with Crippen molar-refractivity contribution in [3.63, 3.8) is 0 Å². The molecule has 2 aromatic rings. The van der Waals surface area contributed by atoms with Crippen molar-refractivity contribution in [3.8, 4) is 11.5 Å². The number of carbonyl (C=O) groups excluding carboxylic acids is 1. The number of para-hydroxylation sites is 1. The van der Waals surface area contributed by atoms with Crippen LogP contribution in [0.2, 0.25) is 0 Å². The fourth-order valence-corrected chi connectivity index (χ4v) is 2.65. The molecule has 6 heteroatoms. The fraction of sp³-hybridized carbons (Fsp3) is 0.316. The van der Waals surface area contributed by atoms with Crippen molar-refractivity contribution >= 4 is 5.91 Å². The van der Waals surface area contributed by atoms with Gasteiger partial charge in [0, 0.05) is 12.1 Å². The van der Waals surface area contributed by atoms with Gasteiger partial charge in [0.25, 0.3) is 0 Å². The maximum Gasteiger partial charge on any atom is 0.223 e. The molecule has 2 aromatic carbocycles. The summed E-state index contributed by atoms with van der Waals surface area (Å²) in [5.41, 5.74) is 1.43. The predicted octanol–water partition coefficient (Wildman–Crippen LogP) is 2.82. The molecule has 0 bridgehead atoms. The molecule has 1 aliphatic rings. The van der Waals surface area contributed by atoms with Crippen LogP contribution in [0.15, 0.2) is 42.5 Å². The molecule has 1 heterocycles. The minimum absolute atomic E-state index is 0.106. The quantitative estimate of drug-likeness (QED) is 0.838. The minimum atomic E-state index is -0.328.